The van der Waals surface area contributed by atoms with Gasteiger partial charge in [0.2, 0.25) is 5.91 Å². The van der Waals surface area contributed by atoms with Crippen LogP contribution in [0.5, 0.6) is 0 Å². The topological polar surface area (TPSA) is 69.1 Å². The van der Waals surface area contributed by atoms with Gasteiger partial charge in [0.05, 0.1) is 21.8 Å². The maximum atomic E-state index is 12.4. The number of alkyl halides is 3. The highest BCUT2D eigenvalue weighted by Crippen LogP contribution is 2.35. The smallest absolute Gasteiger partial charge is 0.398 e. The average Bonchev–Trinajstić information content (AvgIpc) is 2.06. The molecule has 0 fully saturated rings. The summed E-state index contributed by atoms with van der Waals surface area (Å²) in [6, 6.07) is 1.39. The second-order valence-electron chi connectivity index (χ2n) is 2.78. The van der Waals surface area contributed by atoms with Crippen LogP contribution < -0.4 is 11.5 Å². The van der Waals surface area contributed by atoms with Gasteiger partial charge in [0, 0.05) is 0 Å². The first-order valence-corrected chi connectivity index (χ1v) is 4.07. The Morgan fingerprint density at radius 1 is 1.33 bits per heavy atom. The van der Waals surface area contributed by atoms with Crippen LogP contribution in [-0.4, -0.2) is 5.91 Å². The van der Waals surface area contributed by atoms with Gasteiger partial charge >= 0.3 is 6.18 Å². The number of carbonyl (C=O) groups excluding carboxylic acids is 1. The minimum absolute atomic E-state index is 0.142. The molecule has 0 bridgehead atoms. The van der Waals surface area contributed by atoms with Crippen molar-refractivity contribution in [2.75, 3.05) is 5.73 Å². The Morgan fingerprint density at radius 2 is 1.87 bits per heavy atom. The van der Waals surface area contributed by atoms with Crippen molar-refractivity contribution >= 4 is 23.2 Å². The molecule has 0 atom stereocenters. The summed E-state index contributed by atoms with van der Waals surface area (Å²) in [4.78, 5) is 10.8. The molecule has 0 heterocycles. The minimum atomic E-state index is -4.69. The Balaban J connectivity index is 3.49. The molecule has 1 rings (SSSR count). The average molecular weight is 239 g/mol. The first-order chi connectivity index (χ1) is 6.73. The van der Waals surface area contributed by atoms with E-state index in [1.165, 1.54) is 0 Å². The van der Waals surface area contributed by atoms with Crippen LogP contribution >= 0.6 is 11.6 Å². The fourth-order valence-electron chi connectivity index (χ4n) is 1.03. The van der Waals surface area contributed by atoms with E-state index >= 15 is 0 Å². The van der Waals surface area contributed by atoms with Crippen LogP contribution in [0, 0.1) is 0 Å². The predicted molar refractivity (Wildman–Crippen MR) is 49.4 cm³/mol. The van der Waals surface area contributed by atoms with Gasteiger partial charge in [0.15, 0.2) is 0 Å². The second kappa shape index (κ2) is 3.62. The molecule has 0 saturated heterocycles. The third-order valence-electron chi connectivity index (χ3n) is 1.71. The Labute approximate surface area is 87.8 Å². The fraction of sp³-hybridized carbons (Fsp3) is 0.125. The largest absolute Gasteiger partial charge is 0.417 e. The van der Waals surface area contributed by atoms with Crippen molar-refractivity contribution in [3.05, 3.63) is 28.3 Å². The number of carbonyl (C=O) groups is 1. The van der Waals surface area contributed by atoms with Crippen LogP contribution in [0.15, 0.2) is 12.1 Å². The zero-order valence-corrected chi connectivity index (χ0v) is 7.99. The molecule has 0 aliphatic carbocycles. The summed E-state index contributed by atoms with van der Waals surface area (Å²) < 4.78 is 37.2. The molecule has 0 aliphatic heterocycles. The molecule has 0 aliphatic rings. The van der Waals surface area contributed by atoms with E-state index in [9.17, 15) is 18.0 Å². The van der Waals surface area contributed by atoms with Gasteiger partial charge in [-0.05, 0) is 12.1 Å². The van der Waals surface area contributed by atoms with E-state index < -0.39 is 23.2 Å². The highest BCUT2D eigenvalue weighted by atomic mass is 35.5. The Morgan fingerprint density at radius 3 is 2.27 bits per heavy atom. The molecule has 3 nitrogen and oxygen atoms in total. The Kier molecular flexibility index (Phi) is 2.81. The van der Waals surface area contributed by atoms with Crippen molar-refractivity contribution in [2.45, 2.75) is 6.18 Å². The first-order valence-electron chi connectivity index (χ1n) is 3.69. The SMILES string of the molecule is NC(=O)c1cc(Cl)c(N)cc1C(F)(F)F. The molecule has 1 amide bonds. The number of rotatable bonds is 1. The normalized spacial score (nSPS) is 11.5. The molecule has 1 aromatic carbocycles. The number of halogens is 4. The molecule has 4 N–H and O–H groups in total. The zero-order valence-electron chi connectivity index (χ0n) is 7.23. The van der Waals surface area contributed by atoms with Crippen molar-refractivity contribution in [1.82, 2.24) is 0 Å². The van der Waals surface area contributed by atoms with Crippen LogP contribution in [0.2, 0.25) is 5.02 Å². The van der Waals surface area contributed by atoms with Crippen LogP contribution in [0.1, 0.15) is 15.9 Å². The molecule has 15 heavy (non-hydrogen) atoms. The van der Waals surface area contributed by atoms with Crippen LogP contribution in [0.4, 0.5) is 18.9 Å². The van der Waals surface area contributed by atoms with Gasteiger partial charge < -0.3 is 11.5 Å². The quantitative estimate of drug-likeness (QED) is 0.735. The van der Waals surface area contributed by atoms with Gasteiger partial charge in [-0.1, -0.05) is 11.6 Å². The molecule has 82 valence electrons. The third-order valence-corrected chi connectivity index (χ3v) is 2.04. The first kappa shape index (κ1) is 11.6. The van der Waals surface area contributed by atoms with Crippen molar-refractivity contribution in [2.24, 2.45) is 5.73 Å². The van der Waals surface area contributed by atoms with Crippen LogP contribution in [0.3, 0.4) is 0 Å². The standard InChI is InChI=1S/C8H6ClF3N2O/c9-5-1-3(7(14)15)4(2-6(5)13)8(10,11)12/h1-2H,13H2,(H2,14,15). The predicted octanol–water partition coefficient (Wildman–Crippen LogP) is 2.04. The summed E-state index contributed by atoms with van der Waals surface area (Å²) >= 11 is 5.48. The molecular weight excluding hydrogens is 233 g/mol. The Hall–Kier alpha value is -1.43. The van der Waals surface area contributed by atoms with Gasteiger partial charge in [-0.15, -0.1) is 0 Å². The van der Waals surface area contributed by atoms with E-state index in [4.69, 9.17) is 23.1 Å². The number of primary amides is 1. The Bertz CT molecular complexity index is 417. The summed E-state index contributed by atoms with van der Waals surface area (Å²) in [6.45, 7) is 0. The van der Waals surface area contributed by atoms with E-state index in [2.05, 4.69) is 0 Å². The molecule has 0 spiro atoms. The monoisotopic (exact) mass is 238 g/mol. The van der Waals surface area contributed by atoms with E-state index in [1.54, 1.807) is 0 Å². The summed E-state index contributed by atoms with van der Waals surface area (Å²) in [7, 11) is 0. The summed E-state index contributed by atoms with van der Waals surface area (Å²) in [5.74, 6) is -1.20. The highest BCUT2D eigenvalue weighted by Gasteiger charge is 2.35. The lowest BCUT2D eigenvalue weighted by Crippen LogP contribution is -2.19. The lowest BCUT2D eigenvalue weighted by molar-refractivity contribution is -0.137. The minimum Gasteiger partial charge on any atom is -0.398 e. The third kappa shape index (κ3) is 2.33. The van der Waals surface area contributed by atoms with Crippen LogP contribution in [-0.2, 0) is 6.18 Å². The van der Waals surface area contributed by atoms with Gasteiger partial charge in [0.1, 0.15) is 0 Å². The van der Waals surface area contributed by atoms with Gasteiger partial charge in [-0.3, -0.25) is 4.79 Å². The van der Waals surface area contributed by atoms with Crippen molar-refractivity contribution in [3.8, 4) is 0 Å². The van der Waals surface area contributed by atoms with Gasteiger partial charge in [0.25, 0.3) is 0 Å². The maximum Gasteiger partial charge on any atom is 0.417 e. The van der Waals surface area contributed by atoms with Crippen molar-refractivity contribution < 1.29 is 18.0 Å². The number of benzene rings is 1. The molecule has 7 heteroatoms. The van der Waals surface area contributed by atoms with Crippen LogP contribution in [0.25, 0.3) is 0 Å². The lowest BCUT2D eigenvalue weighted by atomic mass is 10.1. The van der Waals surface area contributed by atoms with Crippen molar-refractivity contribution in [1.29, 1.82) is 0 Å². The number of anilines is 1. The molecule has 0 radical (unpaired) electrons. The molecule has 1 aromatic rings. The molecular formula is C8H6ClF3N2O. The second-order valence-corrected chi connectivity index (χ2v) is 3.19. The highest BCUT2D eigenvalue weighted by molar-refractivity contribution is 6.33. The van der Waals surface area contributed by atoms with E-state index in [0.717, 1.165) is 6.07 Å². The molecule has 0 aromatic heterocycles. The van der Waals surface area contributed by atoms with Gasteiger partial charge in [-0.25, -0.2) is 0 Å². The fourth-order valence-corrected chi connectivity index (χ4v) is 1.19. The van der Waals surface area contributed by atoms with E-state index in [0.29, 0.717) is 6.07 Å². The summed E-state index contributed by atoms with van der Waals surface area (Å²) in [5, 5.41) is -0.142. The summed E-state index contributed by atoms with van der Waals surface area (Å²) in [5.41, 5.74) is 7.86. The number of hydrogen-bond acceptors (Lipinski definition) is 2. The van der Waals surface area contributed by atoms with Gasteiger partial charge in [-0.2, -0.15) is 13.2 Å². The maximum absolute atomic E-state index is 12.4. The summed E-state index contributed by atoms with van der Waals surface area (Å²) in [6.07, 6.45) is -4.69. The number of nitrogens with two attached hydrogens (primary N) is 2. The number of nitrogen functional groups attached to an aromatic ring is 1. The van der Waals surface area contributed by atoms with E-state index in [-0.39, 0.29) is 10.7 Å². The molecule has 0 saturated carbocycles. The zero-order chi connectivity index (χ0) is 11.8. The number of amides is 1. The molecule has 0 unspecified atom stereocenters. The number of hydrogen-bond donors (Lipinski definition) is 2. The van der Waals surface area contributed by atoms with Crippen molar-refractivity contribution in [3.63, 3.8) is 0 Å². The lowest BCUT2D eigenvalue weighted by Gasteiger charge is -2.12. The van der Waals surface area contributed by atoms with E-state index in [1.807, 2.05) is 0 Å².